The highest BCUT2D eigenvalue weighted by molar-refractivity contribution is 5.97. The molecule has 1 aromatic carbocycles. The van der Waals surface area contributed by atoms with Crippen LogP contribution in [0.4, 0.5) is 0 Å². The minimum atomic E-state index is -0.00199. The van der Waals surface area contributed by atoms with Crippen molar-refractivity contribution in [2.45, 2.75) is 20.3 Å². The van der Waals surface area contributed by atoms with Crippen LogP contribution in [0.1, 0.15) is 38.4 Å². The lowest BCUT2D eigenvalue weighted by atomic mass is 10.0. The number of fused-ring (bicyclic) bond motifs is 1. The number of rotatable bonds is 3. The molecule has 2 N–H and O–H groups in total. The third-order valence-corrected chi connectivity index (χ3v) is 4.98. The summed E-state index contributed by atoms with van der Waals surface area (Å²) in [6.07, 6.45) is 6.77. The van der Waals surface area contributed by atoms with Crippen LogP contribution >= 0.6 is 0 Å². The second-order valence-corrected chi connectivity index (χ2v) is 6.67. The van der Waals surface area contributed by atoms with Crippen molar-refractivity contribution < 1.29 is 4.79 Å². The van der Waals surface area contributed by atoms with Crippen molar-refractivity contribution >= 4 is 18.1 Å². The summed E-state index contributed by atoms with van der Waals surface area (Å²) in [6, 6.07) is 12.2. The first-order chi connectivity index (χ1) is 12.6. The van der Waals surface area contributed by atoms with Crippen molar-refractivity contribution in [1.29, 1.82) is 0 Å². The number of amides is 1. The van der Waals surface area contributed by atoms with Crippen LogP contribution in [0.5, 0.6) is 0 Å². The van der Waals surface area contributed by atoms with Crippen LogP contribution < -0.4 is 5.32 Å². The van der Waals surface area contributed by atoms with Crippen LogP contribution in [0.15, 0.2) is 42.6 Å². The zero-order valence-corrected chi connectivity index (χ0v) is 15.0. The van der Waals surface area contributed by atoms with Gasteiger partial charge in [0.25, 0.3) is 5.91 Å². The van der Waals surface area contributed by atoms with Crippen molar-refractivity contribution in [2.24, 2.45) is 0 Å². The molecule has 0 fully saturated rings. The van der Waals surface area contributed by atoms with E-state index in [4.69, 9.17) is 0 Å². The number of carbonyl (C=O) groups is 1. The molecule has 2 aromatic heterocycles. The lowest BCUT2D eigenvalue weighted by Crippen LogP contribution is -2.31. The van der Waals surface area contributed by atoms with Gasteiger partial charge in [0.05, 0.1) is 11.3 Å². The van der Waals surface area contributed by atoms with Crippen LogP contribution in [0.2, 0.25) is 0 Å². The number of aryl methyl sites for hydroxylation is 1. The van der Waals surface area contributed by atoms with E-state index in [-0.39, 0.29) is 5.91 Å². The number of nitrogens with zero attached hydrogens (tertiary/aromatic N) is 1. The minimum Gasteiger partial charge on any atom is -0.358 e. The molecule has 0 saturated carbocycles. The van der Waals surface area contributed by atoms with E-state index in [0.29, 0.717) is 6.54 Å². The molecule has 0 aliphatic carbocycles. The molecule has 4 nitrogen and oxygen atoms in total. The van der Waals surface area contributed by atoms with Crippen LogP contribution in [-0.4, -0.2) is 22.4 Å². The van der Waals surface area contributed by atoms with Crippen LogP contribution in [0, 0.1) is 13.8 Å². The van der Waals surface area contributed by atoms with Gasteiger partial charge in [-0.2, -0.15) is 0 Å². The van der Waals surface area contributed by atoms with E-state index < -0.39 is 0 Å². The standard InChI is InChI=1S/C22H21N3O/c1-14-4-3-5-16(15(14)2)6-7-18-12-17(8-10-23-18)21-13-19-20(25-21)9-11-24-22(19)26/h3-8,10,12-13,25H,9,11H2,1-2H3,(H,24,26)/b7-6+. The maximum Gasteiger partial charge on any atom is 0.253 e. The molecular weight excluding hydrogens is 322 g/mol. The van der Waals surface area contributed by atoms with E-state index in [9.17, 15) is 4.79 Å². The number of pyridine rings is 1. The summed E-state index contributed by atoms with van der Waals surface area (Å²) in [5.41, 5.74) is 8.39. The number of aromatic nitrogens is 2. The van der Waals surface area contributed by atoms with E-state index in [2.05, 4.69) is 53.4 Å². The first kappa shape index (κ1) is 16.3. The molecule has 4 rings (SSSR count). The Bertz CT molecular complexity index is 1010. The van der Waals surface area contributed by atoms with Gasteiger partial charge in [0.2, 0.25) is 0 Å². The summed E-state index contributed by atoms with van der Waals surface area (Å²) in [6.45, 7) is 4.94. The Morgan fingerprint density at radius 3 is 2.85 bits per heavy atom. The number of H-pyrrole nitrogens is 1. The molecule has 4 heteroatoms. The first-order valence-electron chi connectivity index (χ1n) is 8.82. The average Bonchev–Trinajstić information content (AvgIpc) is 3.09. The molecule has 3 aromatic rings. The van der Waals surface area contributed by atoms with E-state index >= 15 is 0 Å². The van der Waals surface area contributed by atoms with Gasteiger partial charge in [-0.15, -0.1) is 0 Å². The summed E-state index contributed by atoms with van der Waals surface area (Å²) in [5.74, 6) is -0.00199. The van der Waals surface area contributed by atoms with Gasteiger partial charge in [-0.05, 0) is 54.8 Å². The fourth-order valence-electron chi connectivity index (χ4n) is 3.29. The molecular formula is C22H21N3O. The molecule has 0 radical (unpaired) electrons. The zero-order chi connectivity index (χ0) is 18.1. The SMILES string of the molecule is Cc1cccc(/C=C/c2cc(-c3cc4c([nH]3)CCNC4=O)ccn2)c1C. The van der Waals surface area contributed by atoms with Gasteiger partial charge in [-0.1, -0.05) is 24.3 Å². The number of nitrogens with one attached hydrogen (secondary N) is 2. The number of aromatic amines is 1. The van der Waals surface area contributed by atoms with Gasteiger partial charge in [-0.3, -0.25) is 9.78 Å². The van der Waals surface area contributed by atoms with Crippen LogP contribution in [0.25, 0.3) is 23.4 Å². The van der Waals surface area contributed by atoms with Crippen molar-refractivity contribution in [3.63, 3.8) is 0 Å². The normalized spacial score (nSPS) is 13.7. The highest BCUT2D eigenvalue weighted by Gasteiger charge is 2.19. The predicted molar refractivity (Wildman–Crippen MR) is 105 cm³/mol. The Labute approximate surface area is 153 Å². The molecule has 3 heterocycles. The van der Waals surface area contributed by atoms with Gasteiger partial charge in [0, 0.05) is 36.1 Å². The fourth-order valence-corrected chi connectivity index (χ4v) is 3.29. The summed E-state index contributed by atoms with van der Waals surface area (Å²) >= 11 is 0. The molecule has 0 atom stereocenters. The van der Waals surface area contributed by atoms with E-state index in [1.807, 2.05) is 24.3 Å². The number of carbonyl (C=O) groups excluding carboxylic acids is 1. The maximum atomic E-state index is 12.0. The highest BCUT2D eigenvalue weighted by atomic mass is 16.1. The summed E-state index contributed by atoms with van der Waals surface area (Å²) in [7, 11) is 0. The first-order valence-corrected chi connectivity index (χ1v) is 8.82. The number of hydrogen-bond donors (Lipinski definition) is 2. The zero-order valence-electron chi connectivity index (χ0n) is 15.0. The van der Waals surface area contributed by atoms with Crippen LogP contribution in [0.3, 0.4) is 0 Å². The predicted octanol–water partition coefficient (Wildman–Crippen LogP) is 4.15. The quantitative estimate of drug-likeness (QED) is 0.750. The van der Waals surface area contributed by atoms with Crippen molar-refractivity contribution in [2.75, 3.05) is 6.54 Å². The largest absolute Gasteiger partial charge is 0.358 e. The number of benzene rings is 1. The average molecular weight is 343 g/mol. The molecule has 1 amide bonds. The lowest BCUT2D eigenvalue weighted by Gasteiger charge is -2.10. The van der Waals surface area contributed by atoms with Gasteiger partial charge in [0.15, 0.2) is 0 Å². The summed E-state index contributed by atoms with van der Waals surface area (Å²) in [4.78, 5) is 19.8. The molecule has 130 valence electrons. The number of hydrogen-bond acceptors (Lipinski definition) is 2. The monoisotopic (exact) mass is 343 g/mol. The molecule has 1 aliphatic rings. The third-order valence-electron chi connectivity index (χ3n) is 4.98. The van der Waals surface area contributed by atoms with Crippen molar-refractivity contribution in [3.8, 4) is 11.3 Å². The Morgan fingerprint density at radius 2 is 2.00 bits per heavy atom. The summed E-state index contributed by atoms with van der Waals surface area (Å²) in [5, 5.41) is 2.88. The maximum absolute atomic E-state index is 12.0. The van der Waals surface area contributed by atoms with E-state index in [0.717, 1.165) is 34.6 Å². The molecule has 0 saturated heterocycles. The fraction of sp³-hybridized carbons (Fsp3) is 0.182. The lowest BCUT2D eigenvalue weighted by molar-refractivity contribution is 0.0946. The summed E-state index contributed by atoms with van der Waals surface area (Å²) < 4.78 is 0. The van der Waals surface area contributed by atoms with Crippen molar-refractivity contribution in [3.05, 3.63) is 76.2 Å². The van der Waals surface area contributed by atoms with E-state index in [1.54, 1.807) is 6.20 Å². The van der Waals surface area contributed by atoms with Gasteiger partial charge in [-0.25, -0.2) is 0 Å². The second-order valence-electron chi connectivity index (χ2n) is 6.67. The molecule has 26 heavy (non-hydrogen) atoms. The third kappa shape index (κ3) is 3.06. The van der Waals surface area contributed by atoms with Gasteiger partial charge in [0.1, 0.15) is 0 Å². The molecule has 0 spiro atoms. The molecule has 1 aliphatic heterocycles. The van der Waals surface area contributed by atoms with Crippen molar-refractivity contribution in [1.82, 2.24) is 15.3 Å². The minimum absolute atomic E-state index is 0.00199. The molecule has 0 bridgehead atoms. The Kier molecular flexibility index (Phi) is 4.17. The van der Waals surface area contributed by atoms with Gasteiger partial charge < -0.3 is 10.3 Å². The Hall–Kier alpha value is -3.14. The van der Waals surface area contributed by atoms with Gasteiger partial charge >= 0.3 is 0 Å². The molecule has 0 unspecified atom stereocenters. The van der Waals surface area contributed by atoms with Crippen LogP contribution in [-0.2, 0) is 6.42 Å². The Morgan fingerprint density at radius 1 is 1.12 bits per heavy atom. The topological polar surface area (TPSA) is 57.8 Å². The highest BCUT2D eigenvalue weighted by Crippen LogP contribution is 2.25. The smallest absolute Gasteiger partial charge is 0.253 e. The Balaban J connectivity index is 1.64. The second kappa shape index (κ2) is 6.64. The van der Waals surface area contributed by atoms with E-state index in [1.165, 1.54) is 16.7 Å².